The first-order valence-corrected chi connectivity index (χ1v) is 8.49. The maximum Gasteiger partial charge on any atom is 0.297 e. The standard InChI is InChI=1S/C20H12ClN3O2/c21-19-13(9-12-5-1-3-7-15(12)23-19)10-24-11-22-17-14-6-2-4-8-16(14)26-18(17)20(24)25/h1-9,11H,10H2. The Labute approximate surface area is 152 Å². The van der Waals surface area contributed by atoms with Crippen LogP contribution in [0.3, 0.4) is 0 Å². The molecule has 0 aliphatic carbocycles. The number of halogens is 1. The van der Waals surface area contributed by atoms with E-state index in [0.29, 0.717) is 16.3 Å². The highest BCUT2D eigenvalue weighted by Gasteiger charge is 2.14. The van der Waals surface area contributed by atoms with Gasteiger partial charge in [0, 0.05) is 16.3 Å². The van der Waals surface area contributed by atoms with Crippen LogP contribution in [-0.2, 0) is 6.54 Å². The molecule has 26 heavy (non-hydrogen) atoms. The Bertz CT molecular complexity index is 1350. The van der Waals surface area contributed by atoms with Gasteiger partial charge in [0.05, 0.1) is 18.4 Å². The number of rotatable bonds is 2. The highest BCUT2D eigenvalue weighted by Crippen LogP contribution is 2.25. The summed E-state index contributed by atoms with van der Waals surface area (Å²) in [6, 6.07) is 17.1. The number of hydrogen-bond donors (Lipinski definition) is 0. The highest BCUT2D eigenvalue weighted by atomic mass is 35.5. The van der Waals surface area contributed by atoms with Gasteiger partial charge in [-0.3, -0.25) is 9.36 Å². The van der Waals surface area contributed by atoms with Gasteiger partial charge in [-0.15, -0.1) is 0 Å². The predicted octanol–water partition coefficient (Wildman–Crippen LogP) is 4.39. The van der Waals surface area contributed by atoms with Gasteiger partial charge < -0.3 is 4.42 Å². The van der Waals surface area contributed by atoms with Crippen molar-refractivity contribution in [1.82, 2.24) is 14.5 Å². The number of nitrogens with zero attached hydrogens (tertiary/aromatic N) is 3. The fourth-order valence-electron chi connectivity index (χ4n) is 3.16. The van der Waals surface area contributed by atoms with Crippen LogP contribution in [-0.4, -0.2) is 14.5 Å². The lowest BCUT2D eigenvalue weighted by Crippen LogP contribution is -2.20. The minimum absolute atomic E-state index is 0.240. The molecule has 0 aliphatic heterocycles. The lowest BCUT2D eigenvalue weighted by molar-refractivity contribution is 0.642. The lowest BCUT2D eigenvalue weighted by atomic mass is 10.1. The molecule has 0 atom stereocenters. The number of para-hydroxylation sites is 2. The molecule has 0 saturated carbocycles. The Balaban J connectivity index is 1.66. The predicted molar refractivity (Wildman–Crippen MR) is 102 cm³/mol. The van der Waals surface area contributed by atoms with Gasteiger partial charge >= 0.3 is 0 Å². The fourth-order valence-corrected chi connectivity index (χ4v) is 3.36. The van der Waals surface area contributed by atoms with Crippen LogP contribution in [0, 0.1) is 0 Å². The van der Waals surface area contributed by atoms with E-state index in [0.717, 1.165) is 21.9 Å². The quantitative estimate of drug-likeness (QED) is 0.437. The van der Waals surface area contributed by atoms with Crippen molar-refractivity contribution in [3.8, 4) is 0 Å². The molecule has 0 saturated heterocycles. The topological polar surface area (TPSA) is 60.9 Å². The van der Waals surface area contributed by atoms with Gasteiger partial charge in [0.25, 0.3) is 5.56 Å². The van der Waals surface area contributed by atoms with E-state index in [1.54, 1.807) is 0 Å². The zero-order chi connectivity index (χ0) is 17.7. The molecule has 0 bridgehead atoms. The summed E-state index contributed by atoms with van der Waals surface area (Å²) in [6.45, 7) is 0.273. The summed E-state index contributed by atoms with van der Waals surface area (Å²) in [6.07, 6.45) is 1.53. The van der Waals surface area contributed by atoms with Crippen molar-refractivity contribution in [2.24, 2.45) is 0 Å². The largest absolute Gasteiger partial charge is 0.448 e. The van der Waals surface area contributed by atoms with Gasteiger partial charge in [-0.1, -0.05) is 41.9 Å². The first kappa shape index (κ1) is 15.1. The zero-order valence-corrected chi connectivity index (χ0v) is 14.3. The Morgan fingerprint density at radius 1 is 1.08 bits per heavy atom. The summed E-state index contributed by atoms with van der Waals surface area (Å²) in [4.78, 5) is 21.7. The summed E-state index contributed by atoms with van der Waals surface area (Å²) in [5, 5.41) is 2.18. The molecule has 3 heterocycles. The molecular weight excluding hydrogens is 350 g/mol. The zero-order valence-electron chi connectivity index (χ0n) is 13.5. The molecule has 0 unspecified atom stereocenters. The summed E-state index contributed by atoms with van der Waals surface area (Å²) >= 11 is 6.32. The van der Waals surface area contributed by atoms with Crippen molar-refractivity contribution < 1.29 is 4.42 Å². The van der Waals surface area contributed by atoms with Gasteiger partial charge in [0.2, 0.25) is 5.58 Å². The average molecular weight is 362 g/mol. The van der Waals surface area contributed by atoms with Crippen LogP contribution < -0.4 is 5.56 Å². The van der Waals surface area contributed by atoms with Crippen molar-refractivity contribution in [3.63, 3.8) is 0 Å². The molecule has 5 nitrogen and oxygen atoms in total. The Morgan fingerprint density at radius 3 is 2.81 bits per heavy atom. The van der Waals surface area contributed by atoms with Crippen LogP contribution in [0.25, 0.3) is 33.0 Å². The maximum absolute atomic E-state index is 12.8. The van der Waals surface area contributed by atoms with E-state index in [2.05, 4.69) is 9.97 Å². The molecule has 3 aromatic heterocycles. The molecule has 0 radical (unpaired) electrons. The van der Waals surface area contributed by atoms with Crippen molar-refractivity contribution in [1.29, 1.82) is 0 Å². The third kappa shape index (κ3) is 2.29. The average Bonchev–Trinajstić information content (AvgIpc) is 3.04. The molecule has 0 amide bonds. The third-order valence-electron chi connectivity index (χ3n) is 4.44. The van der Waals surface area contributed by atoms with Crippen molar-refractivity contribution >= 4 is 44.6 Å². The number of hydrogen-bond acceptors (Lipinski definition) is 4. The number of benzene rings is 2. The second-order valence-corrected chi connectivity index (χ2v) is 6.44. The molecule has 0 fully saturated rings. The third-order valence-corrected chi connectivity index (χ3v) is 4.77. The first-order valence-electron chi connectivity index (χ1n) is 8.11. The second kappa shape index (κ2) is 5.68. The fraction of sp³-hybridized carbons (Fsp3) is 0.0500. The van der Waals surface area contributed by atoms with Gasteiger partial charge in [0.15, 0.2) is 0 Å². The molecule has 5 aromatic rings. The van der Waals surface area contributed by atoms with Crippen LogP contribution >= 0.6 is 11.6 Å². The number of aromatic nitrogens is 3. The number of pyridine rings is 1. The number of furan rings is 1. The van der Waals surface area contributed by atoms with Crippen LogP contribution in [0.15, 0.2) is 70.1 Å². The first-order chi connectivity index (χ1) is 12.7. The molecule has 2 aromatic carbocycles. The number of fused-ring (bicyclic) bond motifs is 4. The highest BCUT2D eigenvalue weighted by molar-refractivity contribution is 6.30. The molecule has 0 N–H and O–H groups in total. The van der Waals surface area contributed by atoms with Gasteiger partial charge in [0.1, 0.15) is 16.3 Å². The molecular formula is C20H12ClN3O2. The van der Waals surface area contributed by atoms with Crippen LogP contribution in [0.4, 0.5) is 0 Å². The van der Waals surface area contributed by atoms with Gasteiger partial charge in [-0.25, -0.2) is 9.97 Å². The second-order valence-electron chi connectivity index (χ2n) is 6.08. The Kier molecular flexibility index (Phi) is 3.30. The normalized spacial score (nSPS) is 11.6. The summed E-state index contributed by atoms with van der Waals surface area (Å²) in [5.74, 6) is 0. The van der Waals surface area contributed by atoms with Crippen molar-refractivity contribution in [2.45, 2.75) is 6.54 Å². The van der Waals surface area contributed by atoms with Crippen LogP contribution in [0.5, 0.6) is 0 Å². The molecule has 6 heteroatoms. The van der Waals surface area contributed by atoms with E-state index in [1.165, 1.54) is 10.9 Å². The summed E-state index contributed by atoms with van der Waals surface area (Å²) in [5.41, 5.74) is 2.80. The Morgan fingerprint density at radius 2 is 1.88 bits per heavy atom. The SMILES string of the molecule is O=c1c2oc3ccccc3c2ncn1Cc1cc2ccccc2nc1Cl. The van der Waals surface area contributed by atoms with Crippen molar-refractivity contribution in [3.05, 3.63) is 82.0 Å². The van der Waals surface area contributed by atoms with Gasteiger partial charge in [-0.05, 0) is 24.3 Å². The summed E-state index contributed by atoms with van der Waals surface area (Å²) in [7, 11) is 0. The van der Waals surface area contributed by atoms with E-state index in [4.69, 9.17) is 16.0 Å². The maximum atomic E-state index is 12.8. The van der Waals surface area contributed by atoms with Crippen LogP contribution in [0.1, 0.15) is 5.56 Å². The summed E-state index contributed by atoms with van der Waals surface area (Å²) < 4.78 is 7.21. The minimum Gasteiger partial charge on any atom is -0.448 e. The minimum atomic E-state index is -0.240. The Hall–Kier alpha value is -3.18. The van der Waals surface area contributed by atoms with Crippen LogP contribution in [0.2, 0.25) is 5.15 Å². The lowest BCUT2D eigenvalue weighted by Gasteiger charge is -2.08. The van der Waals surface area contributed by atoms with E-state index in [-0.39, 0.29) is 17.7 Å². The molecule has 0 spiro atoms. The molecule has 5 rings (SSSR count). The monoisotopic (exact) mass is 361 g/mol. The van der Waals surface area contributed by atoms with E-state index >= 15 is 0 Å². The van der Waals surface area contributed by atoms with Crippen molar-refractivity contribution in [2.75, 3.05) is 0 Å². The van der Waals surface area contributed by atoms with E-state index < -0.39 is 0 Å². The van der Waals surface area contributed by atoms with E-state index in [9.17, 15) is 4.79 Å². The van der Waals surface area contributed by atoms with E-state index in [1.807, 2.05) is 54.6 Å². The van der Waals surface area contributed by atoms with Gasteiger partial charge in [-0.2, -0.15) is 0 Å². The molecule has 0 aliphatic rings. The smallest absolute Gasteiger partial charge is 0.297 e. The molecule has 126 valence electrons.